The molecule has 0 bridgehead atoms. The third kappa shape index (κ3) is 2.92. The summed E-state index contributed by atoms with van der Waals surface area (Å²) in [7, 11) is 0. The van der Waals surface area contributed by atoms with Gasteiger partial charge >= 0.3 is 11.9 Å². The second kappa shape index (κ2) is 6.70. The number of carbonyl (C=O) groups is 3. The monoisotopic (exact) mass is 376 g/mol. The number of hydrogen-bond acceptors (Lipinski definition) is 3. The van der Waals surface area contributed by atoms with Gasteiger partial charge < -0.3 is 20.1 Å². The molecule has 0 radical (unpaired) electrons. The van der Waals surface area contributed by atoms with Crippen LogP contribution in [-0.2, 0) is 4.79 Å². The van der Waals surface area contributed by atoms with E-state index in [1.807, 2.05) is 30.3 Å². The molecule has 0 saturated heterocycles. The number of carboxylic acid groups (broad SMARTS) is 2. The Morgan fingerprint density at radius 3 is 2.25 bits per heavy atom. The molecular weight excluding hydrogens is 360 g/mol. The first kappa shape index (κ1) is 17.5. The van der Waals surface area contributed by atoms with Gasteiger partial charge in [-0.15, -0.1) is 0 Å². The number of hydrogen-bond donors (Lipinski definition) is 3. The van der Waals surface area contributed by atoms with Crippen LogP contribution < -0.4 is 5.32 Å². The molecule has 28 heavy (non-hydrogen) atoms. The lowest BCUT2D eigenvalue weighted by molar-refractivity contribution is -0.116. The van der Waals surface area contributed by atoms with Crippen LogP contribution in [0.3, 0.4) is 0 Å². The number of aromatic carboxylic acids is 2. The normalized spacial score (nSPS) is 15.6. The maximum absolute atomic E-state index is 12.3. The minimum Gasteiger partial charge on any atom is -0.478 e. The zero-order valence-electron chi connectivity index (χ0n) is 14.6. The second-order valence-electron chi connectivity index (χ2n) is 6.55. The SMILES string of the molecule is O=C1C[C@@H](c2ccc(C(=O)O)cc2)c2c(c(C(=O)O)cn2-c2ccccc2)N1. The molecule has 0 aliphatic carbocycles. The highest BCUT2D eigenvalue weighted by atomic mass is 16.4. The maximum atomic E-state index is 12.3. The molecule has 4 rings (SSSR count). The molecule has 0 fully saturated rings. The molecule has 2 heterocycles. The van der Waals surface area contributed by atoms with Gasteiger partial charge in [-0.1, -0.05) is 30.3 Å². The van der Waals surface area contributed by atoms with Crippen LogP contribution in [-0.4, -0.2) is 32.6 Å². The van der Waals surface area contributed by atoms with Crippen molar-refractivity contribution in [3.8, 4) is 5.69 Å². The van der Waals surface area contributed by atoms with E-state index in [1.165, 1.54) is 18.3 Å². The first-order chi connectivity index (χ1) is 13.5. The van der Waals surface area contributed by atoms with Crippen LogP contribution in [0.4, 0.5) is 5.69 Å². The fraction of sp³-hybridized carbons (Fsp3) is 0.0952. The summed E-state index contributed by atoms with van der Waals surface area (Å²) >= 11 is 0. The Balaban J connectivity index is 1.92. The summed E-state index contributed by atoms with van der Waals surface area (Å²) in [6.07, 6.45) is 1.64. The Bertz CT molecular complexity index is 1080. The van der Waals surface area contributed by atoms with Gasteiger partial charge in [0.25, 0.3) is 0 Å². The maximum Gasteiger partial charge on any atom is 0.339 e. The Labute approximate surface area is 159 Å². The van der Waals surface area contributed by atoms with E-state index in [2.05, 4.69) is 5.32 Å². The summed E-state index contributed by atoms with van der Waals surface area (Å²) in [6, 6.07) is 15.6. The molecule has 7 heteroatoms. The quantitative estimate of drug-likeness (QED) is 0.647. The third-order valence-corrected chi connectivity index (χ3v) is 4.85. The van der Waals surface area contributed by atoms with E-state index in [1.54, 1.807) is 16.7 Å². The van der Waals surface area contributed by atoms with Gasteiger partial charge in [-0.25, -0.2) is 9.59 Å². The number of anilines is 1. The molecule has 1 aromatic heterocycles. The Kier molecular flexibility index (Phi) is 4.19. The van der Waals surface area contributed by atoms with Crippen molar-refractivity contribution in [1.82, 2.24) is 4.57 Å². The van der Waals surface area contributed by atoms with Gasteiger partial charge in [0.15, 0.2) is 0 Å². The molecule has 140 valence electrons. The average molecular weight is 376 g/mol. The van der Waals surface area contributed by atoms with Crippen molar-refractivity contribution in [2.24, 2.45) is 0 Å². The summed E-state index contributed by atoms with van der Waals surface area (Å²) in [6.45, 7) is 0. The Morgan fingerprint density at radius 2 is 1.64 bits per heavy atom. The smallest absolute Gasteiger partial charge is 0.339 e. The van der Waals surface area contributed by atoms with E-state index in [-0.39, 0.29) is 29.1 Å². The average Bonchev–Trinajstić information content (AvgIpc) is 3.07. The van der Waals surface area contributed by atoms with Crippen LogP contribution in [0.25, 0.3) is 5.69 Å². The van der Waals surface area contributed by atoms with E-state index >= 15 is 0 Å². The van der Waals surface area contributed by atoms with Gasteiger partial charge in [0.1, 0.15) is 5.56 Å². The largest absolute Gasteiger partial charge is 0.478 e. The molecule has 1 aliphatic rings. The van der Waals surface area contributed by atoms with Crippen LogP contribution in [0, 0.1) is 0 Å². The first-order valence-corrected chi connectivity index (χ1v) is 8.62. The first-order valence-electron chi connectivity index (χ1n) is 8.62. The minimum absolute atomic E-state index is 0.0130. The highest BCUT2D eigenvalue weighted by Gasteiger charge is 2.34. The molecule has 1 aliphatic heterocycles. The summed E-state index contributed by atoms with van der Waals surface area (Å²) in [5.74, 6) is -2.85. The highest BCUT2D eigenvalue weighted by Crippen LogP contribution is 2.41. The van der Waals surface area contributed by atoms with Crippen LogP contribution >= 0.6 is 0 Å². The number of carbonyl (C=O) groups excluding carboxylic acids is 1. The molecule has 0 saturated carbocycles. The van der Waals surface area contributed by atoms with Gasteiger partial charge in [0, 0.05) is 24.2 Å². The van der Waals surface area contributed by atoms with E-state index in [9.17, 15) is 19.5 Å². The minimum atomic E-state index is -1.13. The molecule has 3 aromatic rings. The lowest BCUT2D eigenvalue weighted by Crippen LogP contribution is -2.25. The Morgan fingerprint density at radius 1 is 0.964 bits per heavy atom. The molecule has 3 N–H and O–H groups in total. The molecule has 0 unspecified atom stereocenters. The fourth-order valence-corrected chi connectivity index (χ4v) is 3.57. The summed E-state index contributed by atoms with van der Waals surface area (Å²) in [5, 5.41) is 21.4. The topological polar surface area (TPSA) is 109 Å². The van der Waals surface area contributed by atoms with Crippen LogP contribution in [0.5, 0.6) is 0 Å². The van der Waals surface area contributed by atoms with Crippen molar-refractivity contribution in [2.45, 2.75) is 12.3 Å². The van der Waals surface area contributed by atoms with Gasteiger partial charge in [-0.2, -0.15) is 0 Å². The number of amides is 1. The molecular formula is C21H16N2O5. The number of para-hydroxylation sites is 1. The van der Waals surface area contributed by atoms with E-state index in [0.717, 1.165) is 11.3 Å². The molecule has 0 spiro atoms. The van der Waals surface area contributed by atoms with Crippen molar-refractivity contribution in [2.75, 3.05) is 5.32 Å². The highest BCUT2D eigenvalue weighted by molar-refractivity contribution is 6.04. The molecule has 1 atom stereocenters. The van der Waals surface area contributed by atoms with Crippen molar-refractivity contribution in [1.29, 1.82) is 0 Å². The number of nitrogens with one attached hydrogen (secondary N) is 1. The summed E-state index contributed by atoms with van der Waals surface area (Å²) < 4.78 is 1.77. The predicted molar refractivity (Wildman–Crippen MR) is 101 cm³/mol. The van der Waals surface area contributed by atoms with Gasteiger partial charge in [0.05, 0.1) is 16.9 Å². The van der Waals surface area contributed by atoms with Crippen LogP contribution in [0.2, 0.25) is 0 Å². The van der Waals surface area contributed by atoms with Gasteiger partial charge in [-0.05, 0) is 29.8 Å². The lowest BCUT2D eigenvalue weighted by Gasteiger charge is -2.26. The molecule has 7 nitrogen and oxygen atoms in total. The van der Waals surface area contributed by atoms with Crippen molar-refractivity contribution >= 4 is 23.5 Å². The van der Waals surface area contributed by atoms with Gasteiger partial charge in [0.2, 0.25) is 5.91 Å². The van der Waals surface area contributed by atoms with Gasteiger partial charge in [-0.3, -0.25) is 4.79 Å². The molecule has 2 aromatic carbocycles. The van der Waals surface area contributed by atoms with Crippen molar-refractivity contribution in [3.63, 3.8) is 0 Å². The lowest BCUT2D eigenvalue weighted by atomic mass is 9.87. The van der Waals surface area contributed by atoms with E-state index in [0.29, 0.717) is 5.69 Å². The summed E-state index contributed by atoms with van der Waals surface area (Å²) in [5.41, 5.74) is 2.61. The fourth-order valence-electron chi connectivity index (χ4n) is 3.57. The number of nitrogens with zero attached hydrogens (tertiary/aromatic N) is 1. The van der Waals surface area contributed by atoms with Crippen LogP contribution in [0.15, 0.2) is 60.8 Å². The number of benzene rings is 2. The van der Waals surface area contributed by atoms with Crippen LogP contribution in [0.1, 0.15) is 44.3 Å². The second-order valence-corrected chi connectivity index (χ2v) is 6.55. The predicted octanol–water partition coefficient (Wildman–Crippen LogP) is 3.35. The molecule has 1 amide bonds. The zero-order valence-corrected chi connectivity index (χ0v) is 14.6. The van der Waals surface area contributed by atoms with Crippen molar-refractivity contribution < 1.29 is 24.6 Å². The summed E-state index contributed by atoms with van der Waals surface area (Å²) in [4.78, 5) is 35.2. The van der Waals surface area contributed by atoms with E-state index < -0.39 is 17.9 Å². The third-order valence-electron chi connectivity index (χ3n) is 4.85. The van der Waals surface area contributed by atoms with E-state index in [4.69, 9.17) is 5.11 Å². The number of rotatable bonds is 4. The number of aromatic nitrogens is 1. The number of carboxylic acids is 2. The Hall–Kier alpha value is -3.87. The standard InChI is InChI=1S/C21H16N2O5/c24-17-10-15(12-6-8-13(9-7-12)20(25)26)19-18(22-17)16(21(27)28)11-23(19)14-4-2-1-3-5-14/h1-9,11,15H,10H2,(H,22,24)(H,25,26)(H,27,28)/t15-/m0/s1. The zero-order chi connectivity index (χ0) is 19.8. The number of fused-ring (bicyclic) bond motifs is 1. The van der Waals surface area contributed by atoms with Crippen molar-refractivity contribution in [3.05, 3.63) is 83.2 Å².